The monoisotopic (exact) mass is 372 g/mol. The lowest BCUT2D eigenvalue weighted by Crippen LogP contribution is -2.45. The molecule has 0 aliphatic carbocycles. The van der Waals surface area contributed by atoms with Crippen molar-refractivity contribution in [3.63, 3.8) is 0 Å². The first-order chi connectivity index (χ1) is 12.9. The maximum atomic E-state index is 12.1. The van der Waals surface area contributed by atoms with Gasteiger partial charge < -0.3 is 24.5 Å². The number of carbonyl (C=O) groups excluding carboxylic acids is 2. The van der Waals surface area contributed by atoms with E-state index in [1.807, 2.05) is 32.0 Å². The van der Waals surface area contributed by atoms with E-state index in [-0.39, 0.29) is 17.4 Å². The van der Waals surface area contributed by atoms with Gasteiger partial charge in [0.1, 0.15) is 24.5 Å². The lowest BCUT2D eigenvalue weighted by Gasteiger charge is -2.18. The van der Waals surface area contributed by atoms with Gasteiger partial charge in [-0.1, -0.05) is 12.1 Å². The van der Waals surface area contributed by atoms with E-state index in [0.717, 1.165) is 17.7 Å². The van der Waals surface area contributed by atoms with Crippen LogP contribution < -0.4 is 20.1 Å². The van der Waals surface area contributed by atoms with E-state index in [2.05, 4.69) is 10.6 Å². The van der Waals surface area contributed by atoms with Crippen molar-refractivity contribution in [1.29, 1.82) is 0 Å². The van der Waals surface area contributed by atoms with E-state index in [1.54, 1.807) is 6.92 Å². The van der Waals surface area contributed by atoms with E-state index in [1.165, 1.54) is 18.6 Å². The molecular formula is C20H24N2O5. The van der Waals surface area contributed by atoms with Gasteiger partial charge in [0.2, 0.25) is 5.91 Å². The highest BCUT2D eigenvalue weighted by Gasteiger charge is 2.32. The maximum Gasteiger partial charge on any atom is 0.255 e. The zero-order valence-corrected chi connectivity index (χ0v) is 15.7. The van der Waals surface area contributed by atoms with Crippen LogP contribution in [0.2, 0.25) is 0 Å². The molecule has 2 aromatic rings. The van der Waals surface area contributed by atoms with Crippen molar-refractivity contribution in [2.75, 3.05) is 13.2 Å². The van der Waals surface area contributed by atoms with Crippen LogP contribution in [0.1, 0.15) is 36.7 Å². The minimum atomic E-state index is -0.669. The Morgan fingerprint density at radius 3 is 2.85 bits per heavy atom. The fraction of sp³-hybridized carbons (Fsp3) is 0.400. The number of amides is 2. The van der Waals surface area contributed by atoms with Crippen LogP contribution in [0.25, 0.3) is 0 Å². The molecule has 2 N–H and O–H groups in total. The van der Waals surface area contributed by atoms with Gasteiger partial charge in [0.05, 0.1) is 18.4 Å². The second kappa shape index (κ2) is 7.73. The standard InChI is InChI=1S/C20H24N2O5/c1-13(22-19(24)15-7-9-25-12-15)18(23)21-8-10-26-16-6-4-5-14-11-20(2,3)27-17(14)16/h4-7,9,12-13H,8,10-11H2,1-3H3,(H,21,23)(H,22,24). The van der Waals surface area contributed by atoms with Crippen molar-refractivity contribution in [2.45, 2.75) is 38.8 Å². The molecule has 1 aliphatic rings. The lowest BCUT2D eigenvalue weighted by molar-refractivity contribution is -0.122. The quantitative estimate of drug-likeness (QED) is 0.728. The highest BCUT2D eigenvalue weighted by molar-refractivity contribution is 5.97. The second-order valence-corrected chi connectivity index (χ2v) is 7.13. The van der Waals surface area contributed by atoms with Crippen molar-refractivity contribution < 1.29 is 23.5 Å². The van der Waals surface area contributed by atoms with Crippen LogP contribution in [-0.2, 0) is 11.2 Å². The third-order valence-electron chi connectivity index (χ3n) is 4.24. The molecule has 27 heavy (non-hydrogen) atoms. The topological polar surface area (TPSA) is 89.8 Å². The SMILES string of the molecule is CC(NC(=O)c1ccoc1)C(=O)NCCOc1cccc2c1OC(C)(C)C2. The molecule has 2 heterocycles. The Balaban J connectivity index is 1.44. The summed E-state index contributed by atoms with van der Waals surface area (Å²) in [6.45, 7) is 6.31. The second-order valence-electron chi connectivity index (χ2n) is 7.13. The van der Waals surface area contributed by atoms with E-state index in [9.17, 15) is 9.59 Å². The first-order valence-corrected chi connectivity index (χ1v) is 8.90. The average Bonchev–Trinajstić information content (AvgIpc) is 3.24. The summed E-state index contributed by atoms with van der Waals surface area (Å²) in [4.78, 5) is 24.0. The minimum Gasteiger partial charge on any atom is -0.488 e. The summed E-state index contributed by atoms with van der Waals surface area (Å²) in [5.74, 6) is 0.802. The highest BCUT2D eigenvalue weighted by atomic mass is 16.5. The Bertz CT molecular complexity index is 814. The molecule has 1 aliphatic heterocycles. The number of hydrogen-bond acceptors (Lipinski definition) is 5. The molecule has 7 nitrogen and oxygen atoms in total. The summed E-state index contributed by atoms with van der Waals surface area (Å²) in [6, 6.07) is 6.69. The van der Waals surface area contributed by atoms with Crippen LogP contribution in [-0.4, -0.2) is 36.6 Å². The molecule has 3 rings (SSSR count). The molecule has 1 unspecified atom stereocenters. The van der Waals surface area contributed by atoms with Crippen LogP contribution in [0.4, 0.5) is 0 Å². The first-order valence-electron chi connectivity index (χ1n) is 8.90. The molecule has 1 aromatic heterocycles. The van der Waals surface area contributed by atoms with Gasteiger partial charge in [-0.2, -0.15) is 0 Å². The summed E-state index contributed by atoms with van der Waals surface area (Å²) >= 11 is 0. The van der Waals surface area contributed by atoms with E-state index >= 15 is 0 Å². The fourth-order valence-corrected chi connectivity index (χ4v) is 2.93. The van der Waals surface area contributed by atoms with Crippen LogP contribution in [0.3, 0.4) is 0 Å². The molecule has 2 amide bonds. The third-order valence-corrected chi connectivity index (χ3v) is 4.24. The predicted molar refractivity (Wildman–Crippen MR) is 99.0 cm³/mol. The van der Waals surface area contributed by atoms with Crippen LogP contribution in [0, 0.1) is 0 Å². The zero-order chi connectivity index (χ0) is 19.4. The van der Waals surface area contributed by atoms with Gasteiger partial charge in [0.25, 0.3) is 5.91 Å². The molecular weight excluding hydrogens is 348 g/mol. The molecule has 0 saturated carbocycles. The van der Waals surface area contributed by atoms with E-state index in [0.29, 0.717) is 24.5 Å². The first kappa shape index (κ1) is 18.8. The summed E-state index contributed by atoms with van der Waals surface area (Å²) in [6.07, 6.45) is 3.57. The van der Waals surface area contributed by atoms with Crippen molar-refractivity contribution in [2.24, 2.45) is 0 Å². The Morgan fingerprint density at radius 2 is 2.11 bits per heavy atom. The molecule has 0 saturated heterocycles. The van der Waals surface area contributed by atoms with E-state index in [4.69, 9.17) is 13.9 Å². The van der Waals surface area contributed by atoms with Crippen molar-refractivity contribution in [1.82, 2.24) is 10.6 Å². The third kappa shape index (κ3) is 4.61. The maximum absolute atomic E-state index is 12.1. The van der Waals surface area contributed by atoms with Crippen molar-refractivity contribution >= 4 is 11.8 Å². The molecule has 1 aromatic carbocycles. The number of nitrogens with one attached hydrogen (secondary N) is 2. The number of carbonyl (C=O) groups is 2. The summed E-state index contributed by atoms with van der Waals surface area (Å²) in [5, 5.41) is 5.36. The highest BCUT2D eigenvalue weighted by Crippen LogP contribution is 2.41. The Kier molecular flexibility index (Phi) is 5.39. The smallest absolute Gasteiger partial charge is 0.255 e. The van der Waals surface area contributed by atoms with Crippen molar-refractivity contribution in [3.05, 3.63) is 47.9 Å². The number of furan rings is 1. The van der Waals surface area contributed by atoms with Gasteiger partial charge in [-0.25, -0.2) is 0 Å². The molecule has 0 fully saturated rings. The Hall–Kier alpha value is -2.96. The largest absolute Gasteiger partial charge is 0.488 e. The molecule has 1 atom stereocenters. The molecule has 0 radical (unpaired) electrons. The minimum absolute atomic E-state index is 0.237. The van der Waals surface area contributed by atoms with Gasteiger partial charge in [-0.05, 0) is 32.9 Å². The molecule has 0 spiro atoms. The van der Waals surface area contributed by atoms with Crippen molar-refractivity contribution in [3.8, 4) is 11.5 Å². The number of fused-ring (bicyclic) bond motifs is 1. The molecule has 7 heteroatoms. The summed E-state index contributed by atoms with van der Waals surface area (Å²) < 4.78 is 16.6. The summed E-state index contributed by atoms with van der Waals surface area (Å²) in [7, 11) is 0. The fourth-order valence-electron chi connectivity index (χ4n) is 2.93. The van der Waals surface area contributed by atoms with Gasteiger partial charge in [0.15, 0.2) is 11.5 Å². The number of rotatable bonds is 7. The lowest BCUT2D eigenvalue weighted by atomic mass is 10.0. The zero-order valence-electron chi connectivity index (χ0n) is 15.7. The summed E-state index contributed by atoms with van der Waals surface area (Å²) in [5.41, 5.74) is 1.26. The number of hydrogen-bond donors (Lipinski definition) is 2. The number of benzene rings is 1. The van der Waals surface area contributed by atoms with E-state index < -0.39 is 6.04 Å². The van der Waals surface area contributed by atoms with Gasteiger partial charge in [-0.15, -0.1) is 0 Å². The Morgan fingerprint density at radius 1 is 1.30 bits per heavy atom. The van der Waals surface area contributed by atoms with Crippen LogP contribution in [0.15, 0.2) is 41.2 Å². The predicted octanol–water partition coefficient (Wildman–Crippen LogP) is 2.31. The molecule has 0 bridgehead atoms. The van der Waals surface area contributed by atoms with Crippen LogP contribution >= 0.6 is 0 Å². The van der Waals surface area contributed by atoms with Gasteiger partial charge >= 0.3 is 0 Å². The normalized spacial score (nSPS) is 15.4. The van der Waals surface area contributed by atoms with Gasteiger partial charge in [0, 0.05) is 12.0 Å². The number of ether oxygens (including phenoxy) is 2. The average molecular weight is 372 g/mol. The Labute approximate surface area is 158 Å². The van der Waals surface area contributed by atoms with Crippen LogP contribution in [0.5, 0.6) is 11.5 Å². The number of para-hydroxylation sites is 1. The molecule has 144 valence electrons. The van der Waals surface area contributed by atoms with Gasteiger partial charge in [-0.3, -0.25) is 9.59 Å².